The predicted octanol–water partition coefficient (Wildman–Crippen LogP) is 6.51. The van der Waals surface area contributed by atoms with Crippen LogP contribution in [-0.2, 0) is 9.53 Å². The monoisotopic (exact) mass is 532 g/mol. The summed E-state index contributed by atoms with van der Waals surface area (Å²) >= 11 is 0. The lowest BCUT2D eigenvalue weighted by Crippen LogP contribution is -2.74. The Morgan fingerprint density at radius 2 is 0.939 bits per heavy atom. The molecular weight excluding hydrogens is 523 g/mol. The number of hydrogen-bond donors (Lipinski definition) is 0. The number of hydrogen-bond acceptors (Lipinski definition) is 2. The Morgan fingerprint density at radius 1 is 0.606 bits per heavy atom. The molecule has 0 spiro atoms. The molecule has 0 aliphatic carbocycles. The average molecular weight is 532 g/mol. The van der Waals surface area contributed by atoms with Crippen molar-refractivity contribution in [2.45, 2.75) is 61.0 Å². The van der Waals surface area contributed by atoms with E-state index < -0.39 is 66.6 Å². The molecule has 0 N–H and O–H groups in total. The van der Waals surface area contributed by atoms with Crippen molar-refractivity contribution in [2.75, 3.05) is 6.61 Å². The largest absolute Gasteiger partial charge is 0.462 e. The second-order valence-corrected chi connectivity index (χ2v) is 6.07. The van der Waals surface area contributed by atoms with E-state index in [-0.39, 0.29) is 0 Å². The third kappa shape index (κ3) is 4.67. The second-order valence-electron chi connectivity index (χ2n) is 6.07. The Bertz CT molecular complexity index is 734. The number of alkyl halides is 17. The minimum absolute atomic E-state index is 0.447. The van der Waals surface area contributed by atoms with Crippen molar-refractivity contribution in [3.8, 4) is 0 Å². The first-order valence-corrected chi connectivity index (χ1v) is 7.71. The summed E-state index contributed by atoms with van der Waals surface area (Å²) < 4.78 is 225. The quantitative estimate of drug-likeness (QED) is 0.182. The summed E-state index contributed by atoms with van der Waals surface area (Å²) in [6, 6.07) is 0. The highest BCUT2D eigenvalue weighted by Gasteiger charge is 2.95. The van der Waals surface area contributed by atoms with Gasteiger partial charge in [0.15, 0.2) is 0 Å². The van der Waals surface area contributed by atoms with E-state index in [1.807, 2.05) is 0 Å². The predicted molar refractivity (Wildman–Crippen MR) is 71.1 cm³/mol. The third-order valence-corrected chi connectivity index (χ3v) is 3.75. The number of carbonyl (C=O) groups excluding carboxylic acids is 1. The zero-order valence-electron chi connectivity index (χ0n) is 15.3. The Morgan fingerprint density at radius 3 is 1.27 bits per heavy atom. The third-order valence-electron chi connectivity index (χ3n) is 3.75. The van der Waals surface area contributed by atoms with E-state index in [1.165, 1.54) is 0 Å². The fraction of sp³-hybridized carbons (Fsp3) is 0.786. The highest BCUT2D eigenvalue weighted by molar-refractivity contribution is 5.81. The van der Waals surface area contributed by atoms with Crippen molar-refractivity contribution in [3.63, 3.8) is 0 Å². The van der Waals surface area contributed by atoms with Crippen LogP contribution >= 0.6 is 0 Å². The van der Waals surface area contributed by atoms with Crippen LogP contribution in [0.15, 0.2) is 12.2 Å². The Hall–Kier alpha value is -1.98. The zero-order valence-corrected chi connectivity index (χ0v) is 15.3. The molecule has 0 heterocycles. The second kappa shape index (κ2) is 8.66. The first kappa shape index (κ1) is 31.0. The summed E-state index contributed by atoms with van der Waals surface area (Å²) in [4.78, 5) is 10.8. The molecule has 0 bridgehead atoms. The molecule has 0 saturated heterocycles. The van der Waals surface area contributed by atoms with Gasteiger partial charge in [-0.25, -0.2) is 4.79 Å². The zero-order chi connectivity index (χ0) is 27.1. The Kier molecular flexibility index (Phi) is 8.14. The van der Waals surface area contributed by atoms with Gasteiger partial charge >= 0.3 is 53.6 Å². The van der Waals surface area contributed by atoms with Crippen molar-refractivity contribution >= 4 is 5.97 Å². The molecule has 0 aromatic heterocycles. The highest BCUT2D eigenvalue weighted by atomic mass is 19.4. The molecule has 0 unspecified atom stereocenters. The molecule has 19 heteroatoms. The molecule has 0 aliphatic heterocycles. The van der Waals surface area contributed by atoms with E-state index >= 15 is 0 Å². The maximum atomic E-state index is 13.5. The van der Waals surface area contributed by atoms with Gasteiger partial charge in [-0.15, -0.1) is 0 Å². The Balaban J connectivity index is 6.34. The minimum atomic E-state index is -8.67. The maximum Gasteiger partial charge on any atom is 0.460 e. The molecule has 0 fully saturated rings. The summed E-state index contributed by atoms with van der Waals surface area (Å²) in [5.74, 6) is -58.3. The SMILES string of the molecule is C/C=C/C(=O)OCCC(F)(F)C(F)(F)C(F)(F)C(F)(F)C(F)(F)C(F)(F)C(F)(F)C(F)(F)F. The van der Waals surface area contributed by atoms with E-state index in [4.69, 9.17) is 0 Å². The Labute approximate surface area is 171 Å². The molecule has 0 aliphatic rings. The molecule has 0 rings (SSSR count). The summed E-state index contributed by atoms with van der Waals surface area (Å²) in [5.41, 5.74) is 0. The van der Waals surface area contributed by atoms with Crippen molar-refractivity contribution in [1.29, 1.82) is 0 Å². The van der Waals surface area contributed by atoms with Gasteiger partial charge in [-0.2, -0.15) is 74.6 Å². The van der Waals surface area contributed by atoms with Crippen LogP contribution in [0, 0.1) is 0 Å². The number of halogens is 17. The lowest BCUT2D eigenvalue weighted by molar-refractivity contribution is -0.461. The molecule has 196 valence electrons. The summed E-state index contributed by atoms with van der Waals surface area (Å²) in [6.07, 6.45) is -9.30. The molecule has 0 amide bonds. The van der Waals surface area contributed by atoms with Crippen LogP contribution in [0.2, 0.25) is 0 Å². The summed E-state index contributed by atoms with van der Waals surface area (Å²) in [7, 11) is 0. The van der Waals surface area contributed by atoms with Crippen LogP contribution in [0.5, 0.6) is 0 Å². The van der Waals surface area contributed by atoms with Crippen molar-refractivity contribution in [3.05, 3.63) is 12.2 Å². The summed E-state index contributed by atoms with van der Waals surface area (Å²) in [5, 5.41) is 0. The van der Waals surface area contributed by atoms with Crippen LogP contribution in [0.4, 0.5) is 74.6 Å². The number of carbonyl (C=O) groups is 1. The van der Waals surface area contributed by atoms with E-state index in [1.54, 1.807) is 0 Å². The van der Waals surface area contributed by atoms with Gasteiger partial charge in [-0.3, -0.25) is 0 Å². The molecule has 0 saturated carbocycles. The highest BCUT2D eigenvalue weighted by Crippen LogP contribution is 2.64. The molecule has 33 heavy (non-hydrogen) atoms. The summed E-state index contributed by atoms with van der Waals surface area (Å²) in [6.45, 7) is -0.836. The van der Waals surface area contributed by atoms with E-state index in [0.717, 1.165) is 13.0 Å². The number of esters is 1. The average Bonchev–Trinajstić information content (AvgIpc) is 2.59. The molecule has 0 radical (unpaired) electrons. The lowest BCUT2D eigenvalue weighted by Gasteiger charge is -2.42. The van der Waals surface area contributed by atoms with Crippen LogP contribution in [0.25, 0.3) is 0 Å². The normalized spacial score (nSPS) is 15.8. The first-order valence-electron chi connectivity index (χ1n) is 7.71. The fourth-order valence-electron chi connectivity index (χ4n) is 1.82. The van der Waals surface area contributed by atoms with Gasteiger partial charge in [0.25, 0.3) is 0 Å². The van der Waals surface area contributed by atoms with Crippen LogP contribution < -0.4 is 0 Å². The minimum Gasteiger partial charge on any atom is -0.462 e. The smallest absolute Gasteiger partial charge is 0.460 e. The van der Waals surface area contributed by atoms with E-state index in [9.17, 15) is 79.4 Å². The van der Waals surface area contributed by atoms with E-state index in [2.05, 4.69) is 4.74 Å². The van der Waals surface area contributed by atoms with Gasteiger partial charge in [0.2, 0.25) is 0 Å². The molecule has 0 aromatic rings. The van der Waals surface area contributed by atoms with Gasteiger partial charge in [0, 0.05) is 6.08 Å². The van der Waals surface area contributed by atoms with Crippen molar-refractivity contribution < 1.29 is 84.2 Å². The van der Waals surface area contributed by atoms with Gasteiger partial charge in [-0.1, -0.05) is 6.08 Å². The number of allylic oxidation sites excluding steroid dienone is 1. The van der Waals surface area contributed by atoms with E-state index in [0.29, 0.717) is 6.08 Å². The number of ether oxygens (including phenoxy) is 1. The van der Waals surface area contributed by atoms with Crippen LogP contribution in [-0.4, -0.2) is 60.2 Å². The molecule has 0 atom stereocenters. The topological polar surface area (TPSA) is 26.3 Å². The van der Waals surface area contributed by atoms with Crippen molar-refractivity contribution in [1.82, 2.24) is 0 Å². The van der Waals surface area contributed by atoms with Gasteiger partial charge in [0.1, 0.15) is 0 Å². The van der Waals surface area contributed by atoms with Crippen LogP contribution in [0.3, 0.4) is 0 Å². The standard InChI is InChI=1S/C14H9F17O2/c1-2-3-6(32)33-5-4-7(15,16)8(17,18)9(19,20)10(21,22)11(23,24)12(25,26)13(27,28)14(29,30)31/h2-3H,4-5H2,1H3/b3-2+. The first-order chi connectivity index (χ1) is 14.2. The van der Waals surface area contributed by atoms with Gasteiger partial charge in [0.05, 0.1) is 13.0 Å². The van der Waals surface area contributed by atoms with Crippen molar-refractivity contribution in [2.24, 2.45) is 0 Å². The van der Waals surface area contributed by atoms with Gasteiger partial charge < -0.3 is 4.74 Å². The molecule has 2 nitrogen and oxygen atoms in total. The molecule has 0 aromatic carbocycles. The van der Waals surface area contributed by atoms with Gasteiger partial charge in [-0.05, 0) is 6.92 Å². The number of rotatable bonds is 10. The maximum absolute atomic E-state index is 13.5. The van der Waals surface area contributed by atoms with Crippen LogP contribution in [0.1, 0.15) is 13.3 Å². The molecular formula is C14H9F17O2. The fourth-order valence-corrected chi connectivity index (χ4v) is 1.82. The lowest BCUT2D eigenvalue weighted by atomic mass is 9.88.